The molecule has 2 rings (SSSR count). The Hall–Kier alpha value is -1.67. The summed E-state index contributed by atoms with van der Waals surface area (Å²) in [5.41, 5.74) is 3.12. The number of aryl methyl sites for hydroxylation is 2. The Balaban J connectivity index is 2.28. The summed E-state index contributed by atoms with van der Waals surface area (Å²) in [6.45, 7) is 3.99. The van der Waals surface area contributed by atoms with Gasteiger partial charge in [0.2, 0.25) is 0 Å². The Labute approximate surface area is 117 Å². The van der Waals surface area contributed by atoms with Crippen molar-refractivity contribution in [3.63, 3.8) is 0 Å². The third-order valence-electron chi connectivity index (χ3n) is 3.18. The molecule has 0 aliphatic rings. The number of Topliss-reactive ketones (excluding diaryl/α,β-unsaturated/α-hetero) is 1. The Morgan fingerprint density at radius 3 is 2.53 bits per heavy atom. The molecular weight excluding hydrogens is 263 g/mol. The zero-order chi connectivity index (χ0) is 14.0. The average molecular weight is 277 g/mol. The minimum Gasteiger partial charge on any atom is -0.294 e. The van der Waals surface area contributed by atoms with Crippen molar-refractivity contribution in [3.05, 3.63) is 69.5 Å². The van der Waals surface area contributed by atoms with Gasteiger partial charge < -0.3 is 0 Å². The second-order valence-electron chi connectivity index (χ2n) is 4.62. The van der Waals surface area contributed by atoms with E-state index in [1.165, 1.54) is 23.8 Å². The largest absolute Gasteiger partial charge is 0.294 e. The highest BCUT2D eigenvalue weighted by atomic mass is 35.5. The van der Waals surface area contributed by atoms with Gasteiger partial charge in [0.15, 0.2) is 5.78 Å². The normalized spacial score (nSPS) is 10.5. The van der Waals surface area contributed by atoms with Gasteiger partial charge >= 0.3 is 0 Å². The third kappa shape index (κ3) is 3.02. The van der Waals surface area contributed by atoms with Crippen molar-refractivity contribution in [2.75, 3.05) is 0 Å². The smallest absolute Gasteiger partial charge is 0.171 e. The standard InChI is InChI=1S/C16H14ClFO/c1-10-6-7-12(8-11(10)2)9-15(19)16-13(17)4-3-5-14(16)18/h3-8H,9H2,1-2H3. The molecule has 0 saturated heterocycles. The van der Waals surface area contributed by atoms with Gasteiger partial charge in [-0.25, -0.2) is 4.39 Å². The van der Waals surface area contributed by atoms with Gasteiger partial charge in [0.05, 0.1) is 10.6 Å². The highest BCUT2D eigenvalue weighted by Gasteiger charge is 2.16. The first kappa shape index (κ1) is 13.8. The number of hydrogen-bond donors (Lipinski definition) is 0. The van der Waals surface area contributed by atoms with Crippen LogP contribution in [-0.2, 0) is 6.42 Å². The van der Waals surface area contributed by atoms with Crippen LogP contribution in [0.5, 0.6) is 0 Å². The summed E-state index contributed by atoms with van der Waals surface area (Å²) >= 11 is 5.89. The molecule has 2 aromatic rings. The Bertz CT molecular complexity index is 614. The number of rotatable bonds is 3. The lowest BCUT2D eigenvalue weighted by Crippen LogP contribution is -2.07. The molecule has 3 heteroatoms. The number of benzene rings is 2. The molecule has 0 aromatic heterocycles. The van der Waals surface area contributed by atoms with Crippen LogP contribution in [0.3, 0.4) is 0 Å². The molecule has 0 amide bonds. The van der Waals surface area contributed by atoms with Crippen molar-refractivity contribution in [1.29, 1.82) is 0 Å². The molecule has 2 aromatic carbocycles. The fourth-order valence-corrected chi connectivity index (χ4v) is 2.22. The predicted molar refractivity (Wildman–Crippen MR) is 75.4 cm³/mol. The first-order valence-corrected chi connectivity index (χ1v) is 6.40. The third-order valence-corrected chi connectivity index (χ3v) is 3.49. The van der Waals surface area contributed by atoms with Gasteiger partial charge in [-0.1, -0.05) is 35.9 Å². The van der Waals surface area contributed by atoms with Crippen molar-refractivity contribution < 1.29 is 9.18 Å². The van der Waals surface area contributed by atoms with E-state index in [0.29, 0.717) is 0 Å². The van der Waals surface area contributed by atoms with Crippen molar-refractivity contribution in [3.8, 4) is 0 Å². The van der Waals surface area contributed by atoms with E-state index in [4.69, 9.17) is 11.6 Å². The molecule has 0 spiro atoms. The topological polar surface area (TPSA) is 17.1 Å². The van der Waals surface area contributed by atoms with Gasteiger partial charge in [0, 0.05) is 6.42 Å². The van der Waals surface area contributed by atoms with Crippen LogP contribution < -0.4 is 0 Å². The van der Waals surface area contributed by atoms with Crippen LogP contribution in [0.15, 0.2) is 36.4 Å². The average Bonchev–Trinajstić information content (AvgIpc) is 2.33. The number of hydrogen-bond acceptors (Lipinski definition) is 1. The Morgan fingerprint density at radius 2 is 1.89 bits per heavy atom. The summed E-state index contributed by atoms with van der Waals surface area (Å²) < 4.78 is 13.6. The lowest BCUT2D eigenvalue weighted by molar-refractivity contribution is 0.0989. The molecule has 0 unspecified atom stereocenters. The lowest BCUT2D eigenvalue weighted by atomic mass is 9.99. The van der Waals surface area contributed by atoms with Crippen LogP contribution in [-0.4, -0.2) is 5.78 Å². The monoisotopic (exact) mass is 276 g/mol. The van der Waals surface area contributed by atoms with E-state index in [1.807, 2.05) is 32.0 Å². The van der Waals surface area contributed by atoms with Crippen molar-refractivity contribution in [2.24, 2.45) is 0 Å². The Morgan fingerprint density at radius 1 is 1.16 bits per heavy atom. The SMILES string of the molecule is Cc1ccc(CC(=O)c2c(F)cccc2Cl)cc1C. The fraction of sp³-hybridized carbons (Fsp3) is 0.188. The van der Waals surface area contributed by atoms with Gasteiger partial charge in [0.1, 0.15) is 5.82 Å². The van der Waals surface area contributed by atoms with Crippen LogP contribution in [0, 0.1) is 19.7 Å². The van der Waals surface area contributed by atoms with E-state index in [-0.39, 0.29) is 22.8 Å². The summed E-state index contributed by atoms with van der Waals surface area (Å²) in [5, 5.41) is 0.161. The zero-order valence-corrected chi connectivity index (χ0v) is 11.6. The van der Waals surface area contributed by atoms with Crippen LogP contribution in [0.25, 0.3) is 0 Å². The first-order chi connectivity index (χ1) is 8.99. The zero-order valence-electron chi connectivity index (χ0n) is 10.8. The van der Waals surface area contributed by atoms with E-state index in [9.17, 15) is 9.18 Å². The van der Waals surface area contributed by atoms with E-state index in [2.05, 4.69) is 0 Å². The second-order valence-corrected chi connectivity index (χ2v) is 5.02. The minimum atomic E-state index is -0.568. The molecule has 0 fully saturated rings. The molecule has 98 valence electrons. The van der Waals surface area contributed by atoms with Gasteiger partial charge in [-0.2, -0.15) is 0 Å². The number of carbonyl (C=O) groups excluding carboxylic acids is 1. The van der Waals surface area contributed by atoms with Gasteiger partial charge in [-0.15, -0.1) is 0 Å². The molecule has 0 aliphatic heterocycles. The fourth-order valence-electron chi connectivity index (χ4n) is 1.95. The molecule has 0 aliphatic carbocycles. The van der Waals surface area contributed by atoms with Crippen molar-refractivity contribution in [2.45, 2.75) is 20.3 Å². The van der Waals surface area contributed by atoms with Crippen LogP contribution in [0.2, 0.25) is 5.02 Å². The van der Waals surface area contributed by atoms with Crippen molar-refractivity contribution >= 4 is 17.4 Å². The molecule has 0 bridgehead atoms. The maximum absolute atomic E-state index is 13.6. The summed E-state index contributed by atoms with van der Waals surface area (Å²) in [4.78, 5) is 12.1. The maximum Gasteiger partial charge on any atom is 0.171 e. The molecule has 0 heterocycles. The van der Waals surface area contributed by atoms with Crippen LogP contribution >= 0.6 is 11.6 Å². The highest BCUT2D eigenvalue weighted by Crippen LogP contribution is 2.21. The summed E-state index contributed by atoms with van der Waals surface area (Å²) in [7, 11) is 0. The number of halogens is 2. The molecule has 19 heavy (non-hydrogen) atoms. The van der Waals surface area contributed by atoms with E-state index in [0.717, 1.165) is 11.1 Å². The number of carbonyl (C=O) groups is 1. The number of ketones is 1. The highest BCUT2D eigenvalue weighted by molar-refractivity contribution is 6.34. The van der Waals surface area contributed by atoms with E-state index >= 15 is 0 Å². The summed E-state index contributed by atoms with van der Waals surface area (Å²) in [5.74, 6) is -0.868. The molecular formula is C16H14ClFO. The predicted octanol–water partition coefficient (Wildman–Crippen LogP) is 4.52. The molecule has 0 saturated carbocycles. The van der Waals surface area contributed by atoms with Crippen LogP contribution in [0.1, 0.15) is 27.0 Å². The molecule has 0 atom stereocenters. The van der Waals surface area contributed by atoms with E-state index < -0.39 is 5.82 Å². The maximum atomic E-state index is 13.6. The summed E-state index contributed by atoms with van der Waals surface area (Å²) in [6.07, 6.45) is 0.155. The minimum absolute atomic E-state index is 0.0256. The Kier molecular flexibility index (Phi) is 4.01. The second kappa shape index (κ2) is 5.54. The molecule has 1 nitrogen and oxygen atoms in total. The lowest BCUT2D eigenvalue weighted by Gasteiger charge is -2.07. The summed E-state index contributed by atoms with van der Waals surface area (Å²) in [6, 6.07) is 10.1. The quantitative estimate of drug-likeness (QED) is 0.753. The van der Waals surface area contributed by atoms with Gasteiger partial charge in [-0.3, -0.25) is 4.79 Å². The van der Waals surface area contributed by atoms with E-state index in [1.54, 1.807) is 0 Å². The van der Waals surface area contributed by atoms with Gasteiger partial charge in [-0.05, 0) is 42.7 Å². The van der Waals surface area contributed by atoms with Gasteiger partial charge in [0.25, 0.3) is 0 Å². The molecule has 0 N–H and O–H groups in total. The van der Waals surface area contributed by atoms with Crippen LogP contribution in [0.4, 0.5) is 4.39 Å². The van der Waals surface area contributed by atoms with Crippen molar-refractivity contribution in [1.82, 2.24) is 0 Å². The first-order valence-electron chi connectivity index (χ1n) is 6.02. The molecule has 0 radical (unpaired) electrons.